The van der Waals surface area contributed by atoms with Gasteiger partial charge >= 0.3 is 5.97 Å². The molecule has 1 aliphatic rings. The van der Waals surface area contributed by atoms with E-state index in [2.05, 4.69) is 19.9 Å². The second-order valence-corrected chi connectivity index (χ2v) is 7.40. The number of aryl methyl sites for hydroxylation is 1. The van der Waals surface area contributed by atoms with Gasteiger partial charge in [0.05, 0.1) is 0 Å². The zero-order valence-corrected chi connectivity index (χ0v) is 16.1. The Bertz CT molecular complexity index is 969. The fourth-order valence-corrected chi connectivity index (χ4v) is 4.26. The number of hydrogen-bond acceptors (Lipinski definition) is 3. The summed E-state index contributed by atoms with van der Waals surface area (Å²) < 4.78 is 12.1. The molecule has 0 radical (unpaired) electrons. The number of furan rings is 1. The zero-order valence-electron chi connectivity index (χ0n) is 16.1. The van der Waals surface area contributed by atoms with Crippen molar-refractivity contribution in [2.45, 2.75) is 57.8 Å². The molecule has 1 unspecified atom stereocenters. The van der Waals surface area contributed by atoms with Crippen LogP contribution in [0.3, 0.4) is 0 Å². The van der Waals surface area contributed by atoms with Crippen molar-refractivity contribution in [3.63, 3.8) is 0 Å². The van der Waals surface area contributed by atoms with Crippen molar-refractivity contribution in [1.82, 2.24) is 0 Å². The molecule has 1 aromatic heterocycles. The van der Waals surface area contributed by atoms with Crippen molar-refractivity contribution in [1.29, 1.82) is 0 Å². The topological polar surface area (TPSA) is 39.4 Å². The molecule has 0 aliphatic carbocycles. The third kappa shape index (κ3) is 2.77. The van der Waals surface area contributed by atoms with E-state index in [0.717, 1.165) is 60.0 Å². The highest BCUT2D eigenvalue weighted by Crippen LogP contribution is 2.50. The molecule has 3 heteroatoms. The van der Waals surface area contributed by atoms with Crippen molar-refractivity contribution in [3.8, 4) is 5.75 Å². The summed E-state index contributed by atoms with van der Waals surface area (Å²) >= 11 is 0. The maximum atomic E-state index is 13.3. The summed E-state index contributed by atoms with van der Waals surface area (Å²) in [5.41, 5.74) is 2.12. The first-order valence-electron chi connectivity index (χ1n) is 10.0. The average Bonchev–Trinajstić information content (AvgIpc) is 3.20. The largest absolute Gasteiger partial charge is 0.459 e. The molecule has 0 spiro atoms. The molecule has 2 heterocycles. The van der Waals surface area contributed by atoms with Gasteiger partial charge in [-0.2, -0.15) is 0 Å². The highest BCUT2D eigenvalue weighted by atomic mass is 16.5. The minimum atomic E-state index is -0.839. The van der Waals surface area contributed by atoms with E-state index in [0.29, 0.717) is 12.2 Å². The van der Waals surface area contributed by atoms with Crippen LogP contribution in [0.15, 0.2) is 52.9 Å². The van der Waals surface area contributed by atoms with E-state index < -0.39 is 5.41 Å². The van der Waals surface area contributed by atoms with Crippen molar-refractivity contribution >= 4 is 16.9 Å². The molecular weight excluding hydrogens is 336 g/mol. The molecule has 0 N–H and O–H groups in total. The van der Waals surface area contributed by atoms with Crippen LogP contribution in [0.1, 0.15) is 62.8 Å². The Balaban J connectivity index is 1.98. The van der Waals surface area contributed by atoms with Gasteiger partial charge in [-0.25, -0.2) is 0 Å². The average molecular weight is 362 g/mol. The lowest BCUT2D eigenvalue weighted by Gasteiger charge is -2.25. The van der Waals surface area contributed by atoms with Gasteiger partial charge in [0.2, 0.25) is 0 Å². The van der Waals surface area contributed by atoms with Crippen LogP contribution in [-0.2, 0) is 16.6 Å². The Hall–Kier alpha value is -2.55. The molecule has 4 rings (SSSR count). The summed E-state index contributed by atoms with van der Waals surface area (Å²) in [6.45, 7) is 4.34. The highest BCUT2D eigenvalue weighted by molar-refractivity contribution is 5.96. The number of hydrogen-bond donors (Lipinski definition) is 0. The Morgan fingerprint density at radius 3 is 2.48 bits per heavy atom. The van der Waals surface area contributed by atoms with Gasteiger partial charge in [-0.05, 0) is 31.4 Å². The quantitative estimate of drug-likeness (QED) is 0.373. The van der Waals surface area contributed by atoms with Gasteiger partial charge in [0.15, 0.2) is 5.41 Å². The number of ether oxygens (including phenoxy) is 1. The second kappa shape index (κ2) is 7.22. The van der Waals surface area contributed by atoms with Crippen LogP contribution in [0.25, 0.3) is 11.0 Å². The van der Waals surface area contributed by atoms with Gasteiger partial charge in [0.1, 0.15) is 17.1 Å². The molecule has 140 valence electrons. The number of carbonyl (C=O) groups excluding carboxylic acids is 1. The molecule has 1 aliphatic heterocycles. The summed E-state index contributed by atoms with van der Waals surface area (Å²) in [6.07, 6.45) is 5.74. The SMILES string of the molecule is CCCCc1c(C2(CCCC)C(=O)Oc3ccccc32)oc2ccccc12. The molecule has 0 bridgehead atoms. The molecule has 3 nitrogen and oxygen atoms in total. The molecule has 0 saturated heterocycles. The summed E-state index contributed by atoms with van der Waals surface area (Å²) in [6, 6.07) is 15.9. The maximum absolute atomic E-state index is 13.3. The summed E-state index contributed by atoms with van der Waals surface area (Å²) in [4.78, 5) is 13.3. The van der Waals surface area contributed by atoms with E-state index in [1.807, 2.05) is 42.5 Å². The highest BCUT2D eigenvalue weighted by Gasteiger charge is 2.53. The molecule has 0 amide bonds. The zero-order chi connectivity index (χ0) is 18.9. The van der Waals surface area contributed by atoms with E-state index in [1.165, 1.54) is 0 Å². The lowest BCUT2D eigenvalue weighted by molar-refractivity contribution is -0.137. The Kier molecular flexibility index (Phi) is 4.77. The standard InChI is InChI=1S/C24H26O3/c1-3-5-11-18-17-12-7-9-14-20(17)26-22(18)24(16-6-4-2)19-13-8-10-15-21(19)27-23(24)25/h7-10,12-15H,3-6,11,16H2,1-2H3. The van der Waals surface area contributed by atoms with Gasteiger partial charge in [-0.3, -0.25) is 4.79 Å². The van der Waals surface area contributed by atoms with E-state index in [9.17, 15) is 4.79 Å². The van der Waals surface area contributed by atoms with Crippen molar-refractivity contribution in [2.75, 3.05) is 0 Å². The number of esters is 1. The number of unbranched alkanes of at least 4 members (excludes halogenated alkanes) is 2. The first-order chi connectivity index (χ1) is 13.2. The molecule has 1 atom stereocenters. The smallest absolute Gasteiger partial charge is 0.329 e. The van der Waals surface area contributed by atoms with Crippen LogP contribution >= 0.6 is 0 Å². The van der Waals surface area contributed by atoms with Crippen LogP contribution in [0, 0.1) is 0 Å². The minimum absolute atomic E-state index is 0.200. The predicted molar refractivity (Wildman–Crippen MR) is 107 cm³/mol. The third-order valence-corrected chi connectivity index (χ3v) is 5.67. The van der Waals surface area contributed by atoms with Crippen LogP contribution in [0.2, 0.25) is 0 Å². The van der Waals surface area contributed by atoms with E-state index >= 15 is 0 Å². The normalized spacial score (nSPS) is 18.7. The molecule has 0 fully saturated rings. The number of benzene rings is 2. The molecule has 27 heavy (non-hydrogen) atoms. The third-order valence-electron chi connectivity index (χ3n) is 5.67. The molecule has 2 aromatic carbocycles. The monoisotopic (exact) mass is 362 g/mol. The van der Waals surface area contributed by atoms with Gasteiger partial charge in [0.25, 0.3) is 0 Å². The van der Waals surface area contributed by atoms with Crippen LogP contribution < -0.4 is 4.74 Å². The van der Waals surface area contributed by atoms with E-state index in [-0.39, 0.29) is 5.97 Å². The van der Waals surface area contributed by atoms with Crippen molar-refractivity contribution in [3.05, 3.63) is 65.4 Å². The fourth-order valence-electron chi connectivity index (χ4n) is 4.26. The number of rotatable bonds is 7. The lowest BCUT2D eigenvalue weighted by Crippen LogP contribution is -2.35. The maximum Gasteiger partial charge on any atom is 0.329 e. The Morgan fingerprint density at radius 1 is 0.926 bits per heavy atom. The van der Waals surface area contributed by atoms with E-state index in [4.69, 9.17) is 9.15 Å². The summed E-state index contributed by atoms with van der Waals surface area (Å²) in [7, 11) is 0. The summed E-state index contributed by atoms with van der Waals surface area (Å²) in [5.74, 6) is 1.26. The van der Waals surface area contributed by atoms with Gasteiger partial charge in [0, 0.05) is 16.5 Å². The van der Waals surface area contributed by atoms with Crippen molar-refractivity contribution in [2.24, 2.45) is 0 Å². The molecule has 3 aromatic rings. The number of fused-ring (bicyclic) bond motifs is 2. The summed E-state index contributed by atoms with van der Waals surface area (Å²) in [5, 5.41) is 1.12. The van der Waals surface area contributed by atoms with Gasteiger partial charge in [-0.15, -0.1) is 0 Å². The molecule has 0 saturated carbocycles. The van der Waals surface area contributed by atoms with Crippen LogP contribution in [-0.4, -0.2) is 5.97 Å². The van der Waals surface area contributed by atoms with Crippen LogP contribution in [0.4, 0.5) is 0 Å². The van der Waals surface area contributed by atoms with E-state index in [1.54, 1.807) is 0 Å². The Labute approximate surface area is 160 Å². The second-order valence-electron chi connectivity index (χ2n) is 7.40. The lowest BCUT2D eigenvalue weighted by atomic mass is 9.73. The number of para-hydroxylation sites is 2. The van der Waals surface area contributed by atoms with Gasteiger partial charge in [-0.1, -0.05) is 69.5 Å². The predicted octanol–water partition coefficient (Wildman–Crippen LogP) is 6.17. The first kappa shape index (κ1) is 17.8. The van der Waals surface area contributed by atoms with Crippen molar-refractivity contribution < 1.29 is 13.9 Å². The Morgan fingerprint density at radius 2 is 1.67 bits per heavy atom. The van der Waals surface area contributed by atoms with Gasteiger partial charge < -0.3 is 9.15 Å². The number of carbonyl (C=O) groups is 1. The first-order valence-corrected chi connectivity index (χ1v) is 10.0. The molecular formula is C24H26O3. The van der Waals surface area contributed by atoms with Crippen LogP contribution in [0.5, 0.6) is 5.75 Å². The fraction of sp³-hybridized carbons (Fsp3) is 0.375. The minimum Gasteiger partial charge on any atom is -0.459 e.